The fourth-order valence-electron chi connectivity index (χ4n) is 2.35. The van der Waals surface area contributed by atoms with E-state index < -0.39 is 5.92 Å². The lowest BCUT2D eigenvalue weighted by Gasteiger charge is -2.08. The summed E-state index contributed by atoms with van der Waals surface area (Å²) in [5, 5.41) is 19.4. The fraction of sp³-hybridized carbons (Fsp3) is 0.188. The number of hydrogen-bond donors (Lipinski definition) is 0. The Hall–Kier alpha value is -2.85. The molecule has 0 aliphatic heterocycles. The number of nitriles is 1. The van der Waals surface area contributed by atoms with Gasteiger partial charge in [0.1, 0.15) is 0 Å². The molecule has 3 rings (SSSR count). The maximum atomic E-state index is 12.6. The highest BCUT2D eigenvalue weighted by atomic mass is 32.1. The summed E-state index contributed by atoms with van der Waals surface area (Å²) >= 11 is 1.20. The van der Waals surface area contributed by atoms with E-state index in [1.807, 2.05) is 36.4 Å². The molecule has 6 nitrogen and oxygen atoms in total. The Bertz CT molecular complexity index is 891. The summed E-state index contributed by atoms with van der Waals surface area (Å²) < 4.78 is 5.78. The van der Waals surface area contributed by atoms with E-state index in [0.717, 1.165) is 5.56 Å². The van der Waals surface area contributed by atoms with Crippen LogP contribution in [0.15, 0.2) is 35.7 Å². The standard InChI is InChI=1S/C16H13N5OS/c1-10-13(9-23-20-10)14(22)12(8-17)16-19-18-15(21(16)2)11-6-4-3-5-7-11/h3-7,9,12H,1-2H3/t12-/m0/s1. The molecule has 3 aromatic rings. The Morgan fingerprint density at radius 1 is 1.30 bits per heavy atom. The second kappa shape index (κ2) is 6.10. The average Bonchev–Trinajstić information content (AvgIpc) is 3.15. The molecular formula is C16H13N5OS. The number of nitrogens with zero attached hydrogens (tertiary/aromatic N) is 5. The summed E-state index contributed by atoms with van der Waals surface area (Å²) in [5.41, 5.74) is 1.97. The van der Waals surface area contributed by atoms with Gasteiger partial charge in [0.2, 0.25) is 0 Å². The molecule has 0 fully saturated rings. The van der Waals surface area contributed by atoms with Gasteiger partial charge in [-0.15, -0.1) is 10.2 Å². The average molecular weight is 323 g/mol. The molecule has 0 saturated heterocycles. The number of Topliss-reactive ketones (excluding diaryl/α,β-unsaturated/α-hetero) is 1. The summed E-state index contributed by atoms with van der Waals surface area (Å²) in [4.78, 5) is 12.6. The minimum absolute atomic E-state index is 0.297. The quantitative estimate of drug-likeness (QED) is 0.689. The van der Waals surface area contributed by atoms with Crippen LogP contribution in [0.5, 0.6) is 0 Å². The number of rotatable bonds is 4. The van der Waals surface area contributed by atoms with Crippen molar-refractivity contribution >= 4 is 17.3 Å². The van der Waals surface area contributed by atoms with Gasteiger partial charge in [-0.2, -0.15) is 9.64 Å². The summed E-state index contributed by atoms with van der Waals surface area (Å²) in [6, 6.07) is 11.6. The Balaban J connectivity index is 2.01. The largest absolute Gasteiger partial charge is 0.313 e. The lowest BCUT2D eigenvalue weighted by Crippen LogP contribution is -2.16. The number of benzene rings is 1. The molecule has 0 spiro atoms. The molecule has 2 heterocycles. The van der Waals surface area contributed by atoms with Crippen LogP contribution in [-0.2, 0) is 7.05 Å². The van der Waals surface area contributed by atoms with Gasteiger partial charge in [0.05, 0.1) is 17.3 Å². The van der Waals surface area contributed by atoms with Crippen LogP contribution in [0.4, 0.5) is 0 Å². The highest BCUT2D eigenvalue weighted by molar-refractivity contribution is 7.04. The highest BCUT2D eigenvalue weighted by Gasteiger charge is 2.29. The summed E-state index contributed by atoms with van der Waals surface area (Å²) in [7, 11) is 1.76. The normalized spacial score (nSPS) is 11.9. The van der Waals surface area contributed by atoms with Gasteiger partial charge in [0.25, 0.3) is 0 Å². The van der Waals surface area contributed by atoms with Crippen molar-refractivity contribution in [2.75, 3.05) is 0 Å². The van der Waals surface area contributed by atoms with Crippen LogP contribution in [-0.4, -0.2) is 24.9 Å². The Morgan fingerprint density at radius 3 is 2.65 bits per heavy atom. The zero-order chi connectivity index (χ0) is 16.4. The van der Waals surface area contributed by atoms with E-state index >= 15 is 0 Å². The van der Waals surface area contributed by atoms with Gasteiger partial charge in [-0.25, -0.2) is 0 Å². The number of aryl methyl sites for hydroxylation is 1. The molecule has 0 aliphatic rings. The van der Waals surface area contributed by atoms with Crippen molar-refractivity contribution in [3.05, 3.63) is 52.8 Å². The smallest absolute Gasteiger partial charge is 0.190 e. The van der Waals surface area contributed by atoms with Crippen LogP contribution in [0, 0.1) is 18.3 Å². The zero-order valence-electron chi connectivity index (χ0n) is 12.6. The molecule has 0 radical (unpaired) electrons. The third-order valence-electron chi connectivity index (χ3n) is 3.61. The highest BCUT2D eigenvalue weighted by Crippen LogP contribution is 2.25. The third-order valence-corrected chi connectivity index (χ3v) is 4.33. The number of carbonyl (C=O) groups is 1. The zero-order valence-corrected chi connectivity index (χ0v) is 13.4. The summed E-state index contributed by atoms with van der Waals surface area (Å²) in [5.74, 6) is -0.343. The molecule has 0 amide bonds. The maximum absolute atomic E-state index is 12.6. The number of hydrogen-bond acceptors (Lipinski definition) is 6. The molecular weight excluding hydrogens is 310 g/mol. The minimum Gasteiger partial charge on any atom is -0.313 e. The monoisotopic (exact) mass is 323 g/mol. The molecule has 23 heavy (non-hydrogen) atoms. The molecule has 1 aromatic carbocycles. The van der Waals surface area contributed by atoms with Gasteiger partial charge in [-0.3, -0.25) is 4.79 Å². The van der Waals surface area contributed by atoms with Crippen LogP contribution in [0.1, 0.15) is 27.8 Å². The Labute approximate surface area is 137 Å². The van der Waals surface area contributed by atoms with Crippen molar-refractivity contribution in [1.29, 1.82) is 5.26 Å². The van der Waals surface area contributed by atoms with Gasteiger partial charge in [-0.05, 0) is 18.5 Å². The van der Waals surface area contributed by atoms with E-state index in [4.69, 9.17) is 0 Å². The fourth-order valence-corrected chi connectivity index (χ4v) is 3.05. The predicted molar refractivity (Wildman–Crippen MR) is 86.0 cm³/mol. The van der Waals surface area contributed by atoms with Crippen LogP contribution in [0.2, 0.25) is 0 Å². The van der Waals surface area contributed by atoms with E-state index in [0.29, 0.717) is 22.9 Å². The lowest BCUT2D eigenvalue weighted by atomic mass is 9.99. The van der Waals surface area contributed by atoms with Gasteiger partial charge in [-0.1, -0.05) is 30.3 Å². The second-order valence-electron chi connectivity index (χ2n) is 5.05. The Morgan fingerprint density at radius 2 is 2.04 bits per heavy atom. The van der Waals surface area contributed by atoms with Crippen LogP contribution < -0.4 is 0 Å². The molecule has 0 N–H and O–H groups in total. The van der Waals surface area contributed by atoms with Gasteiger partial charge in [0.15, 0.2) is 23.3 Å². The SMILES string of the molecule is Cc1nscc1C(=O)[C@H](C#N)c1nnc(-c2ccccc2)n1C. The number of carbonyl (C=O) groups excluding carboxylic acids is 1. The number of ketones is 1. The van der Waals surface area contributed by atoms with Gasteiger partial charge >= 0.3 is 0 Å². The first kappa shape index (κ1) is 15.1. The second-order valence-corrected chi connectivity index (χ2v) is 5.68. The molecule has 0 aliphatic carbocycles. The molecule has 114 valence electrons. The lowest BCUT2D eigenvalue weighted by molar-refractivity contribution is 0.0974. The van der Waals surface area contributed by atoms with E-state index in [9.17, 15) is 10.1 Å². The van der Waals surface area contributed by atoms with Crippen molar-refractivity contribution < 1.29 is 4.79 Å². The first-order valence-electron chi connectivity index (χ1n) is 6.93. The van der Waals surface area contributed by atoms with Crippen molar-refractivity contribution in [3.63, 3.8) is 0 Å². The topological polar surface area (TPSA) is 84.5 Å². The predicted octanol–water partition coefficient (Wildman–Crippen LogP) is 2.74. The van der Waals surface area contributed by atoms with E-state index in [-0.39, 0.29) is 5.78 Å². The minimum atomic E-state index is -1.000. The molecule has 0 bridgehead atoms. The molecule has 0 saturated carbocycles. The first-order chi connectivity index (χ1) is 11.1. The summed E-state index contributed by atoms with van der Waals surface area (Å²) in [6.07, 6.45) is 0. The van der Waals surface area contributed by atoms with E-state index in [1.54, 1.807) is 23.9 Å². The van der Waals surface area contributed by atoms with Crippen LogP contribution in [0.3, 0.4) is 0 Å². The van der Waals surface area contributed by atoms with Crippen LogP contribution in [0.25, 0.3) is 11.4 Å². The maximum Gasteiger partial charge on any atom is 0.190 e. The third kappa shape index (κ3) is 2.64. The van der Waals surface area contributed by atoms with E-state index in [2.05, 4.69) is 14.6 Å². The molecule has 7 heteroatoms. The van der Waals surface area contributed by atoms with E-state index in [1.165, 1.54) is 11.5 Å². The van der Waals surface area contributed by atoms with Gasteiger partial charge < -0.3 is 4.57 Å². The van der Waals surface area contributed by atoms with Crippen molar-refractivity contribution in [1.82, 2.24) is 19.1 Å². The van der Waals surface area contributed by atoms with Crippen molar-refractivity contribution in [2.45, 2.75) is 12.8 Å². The molecule has 0 unspecified atom stereocenters. The molecule has 1 atom stereocenters. The van der Waals surface area contributed by atoms with Crippen molar-refractivity contribution in [3.8, 4) is 17.5 Å². The molecule has 2 aromatic heterocycles. The number of aromatic nitrogens is 4. The first-order valence-corrected chi connectivity index (χ1v) is 7.76. The van der Waals surface area contributed by atoms with Crippen molar-refractivity contribution in [2.24, 2.45) is 7.05 Å². The van der Waals surface area contributed by atoms with Gasteiger partial charge in [0, 0.05) is 18.0 Å². The van der Waals surface area contributed by atoms with Crippen LogP contribution >= 0.6 is 11.5 Å². The Kier molecular flexibility index (Phi) is 4.00. The summed E-state index contributed by atoms with van der Waals surface area (Å²) in [6.45, 7) is 1.75.